The zero-order chi connectivity index (χ0) is 19.1. The number of imide groups is 2. The summed E-state index contributed by atoms with van der Waals surface area (Å²) in [6.07, 6.45) is -0.722. The highest BCUT2D eigenvalue weighted by Gasteiger charge is 2.46. The van der Waals surface area contributed by atoms with Gasteiger partial charge in [-0.25, -0.2) is 19.4 Å². The first-order valence-electron chi connectivity index (χ1n) is 8.39. The molecule has 0 saturated carbocycles. The van der Waals surface area contributed by atoms with E-state index in [1.54, 1.807) is 51.1 Å². The predicted molar refractivity (Wildman–Crippen MR) is 92.4 cm³/mol. The van der Waals surface area contributed by atoms with Crippen LogP contribution in [-0.4, -0.2) is 58.5 Å². The van der Waals surface area contributed by atoms with Crippen LogP contribution in [0.2, 0.25) is 0 Å². The molecule has 1 aromatic carbocycles. The highest BCUT2D eigenvalue weighted by atomic mass is 16.6. The SMILES string of the molecule is CC(C)(C)OC(=O)N1CC2CC(=O)N(c3ccccc3)C(=O)N2CC1=O. The Labute approximate surface area is 151 Å². The number of para-hydroxylation sites is 1. The molecule has 8 heteroatoms. The van der Waals surface area contributed by atoms with Crippen molar-refractivity contribution in [2.24, 2.45) is 0 Å². The lowest BCUT2D eigenvalue weighted by molar-refractivity contribution is -0.138. The summed E-state index contributed by atoms with van der Waals surface area (Å²) in [5.41, 5.74) is -0.278. The van der Waals surface area contributed by atoms with E-state index in [4.69, 9.17) is 4.74 Å². The number of urea groups is 1. The number of anilines is 1. The molecule has 1 atom stereocenters. The van der Waals surface area contributed by atoms with Gasteiger partial charge >= 0.3 is 12.1 Å². The van der Waals surface area contributed by atoms with E-state index in [1.165, 1.54) is 4.90 Å². The molecule has 0 spiro atoms. The van der Waals surface area contributed by atoms with Gasteiger partial charge in [0.05, 0.1) is 18.3 Å². The Balaban J connectivity index is 1.79. The number of nitrogens with zero attached hydrogens (tertiary/aromatic N) is 3. The van der Waals surface area contributed by atoms with Crippen LogP contribution in [-0.2, 0) is 14.3 Å². The molecule has 2 heterocycles. The summed E-state index contributed by atoms with van der Waals surface area (Å²) >= 11 is 0. The van der Waals surface area contributed by atoms with Crippen molar-refractivity contribution in [2.75, 3.05) is 18.0 Å². The fraction of sp³-hybridized carbons (Fsp3) is 0.444. The van der Waals surface area contributed by atoms with Gasteiger partial charge in [0.1, 0.15) is 12.1 Å². The van der Waals surface area contributed by atoms with Crippen molar-refractivity contribution >= 4 is 29.6 Å². The largest absolute Gasteiger partial charge is 0.443 e. The van der Waals surface area contributed by atoms with E-state index in [-0.39, 0.29) is 25.4 Å². The summed E-state index contributed by atoms with van der Waals surface area (Å²) < 4.78 is 5.24. The second kappa shape index (κ2) is 6.44. The number of ether oxygens (including phenoxy) is 1. The molecule has 0 aliphatic carbocycles. The fourth-order valence-electron chi connectivity index (χ4n) is 3.02. The highest BCUT2D eigenvalue weighted by Crippen LogP contribution is 2.27. The van der Waals surface area contributed by atoms with Gasteiger partial charge in [-0.3, -0.25) is 9.59 Å². The van der Waals surface area contributed by atoms with Gasteiger partial charge in [0, 0.05) is 6.42 Å². The average molecular weight is 359 g/mol. The average Bonchev–Trinajstić information content (AvgIpc) is 2.54. The van der Waals surface area contributed by atoms with Crippen molar-refractivity contribution in [3.8, 4) is 0 Å². The molecule has 2 fully saturated rings. The number of rotatable bonds is 1. The molecular weight excluding hydrogens is 338 g/mol. The molecule has 1 aromatic rings. The summed E-state index contributed by atoms with van der Waals surface area (Å²) in [4.78, 5) is 53.3. The molecule has 3 rings (SSSR count). The lowest BCUT2D eigenvalue weighted by Crippen LogP contribution is -2.66. The lowest BCUT2D eigenvalue weighted by atomic mass is 10.0. The van der Waals surface area contributed by atoms with E-state index in [1.807, 2.05) is 0 Å². The fourth-order valence-corrected chi connectivity index (χ4v) is 3.02. The number of piperazine rings is 1. The summed E-state index contributed by atoms with van der Waals surface area (Å²) in [7, 11) is 0. The van der Waals surface area contributed by atoms with Crippen molar-refractivity contribution in [2.45, 2.75) is 38.8 Å². The first-order chi connectivity index (χ1) is 12.2. The maximum atomic E-state index is 12.8. The van der Waals surface area contributed by atoms with E-state index in [9.17, 15) is 19.2 Å². The van der Waals surface area contributed by atoms with Gasteiger partial charge in [-0.1, -0.05) is 18.2 Å². The van der Waals surface area contributed by atoms with Gasteiger partial charge in [0.2, 0.25) is 5.91 Å². The van der Waals surface area contributed by atoms with Crippen molar-refractivity contribution < 1.29 is 23.9 Å². The summed E-state index contributed by atoms with van der Waals surface area (Å²) in [5, 5.41) is 0. The Morgan fingerprint density at radius 3 is 2.35 bits per heavy atom. The monoisotopic (exact) mass is 359 g/mol. The van der Waals surface area contributed by atoms with Crippen molar-refractivity contribution in [3.63, 3.8) is 0 Å². The number of benzene rings is 1. The summed E-state index contributed by atoms with van der Waals surface area (Å²) in [6.45, 7) is 4.80. The number of carbonyl (C=O) groups is 4. The van der Waals surface area contributed by atoms with Gasteiger partial charge in [-0.15, -0.1) is 0 Å². The van der Waals surface area contributed by atoms with Crippen LogP contribution in [0.15, 0.2) is 30.3 Å². The van der Waals surface area contributed by atoms with Crippen molar-refractivity contribution in [1.82, 2.24) is 9.80 Å². The Hall–Kier alpha value is -2.90. The molecule has 1 unspecified atom stereocenters. The molecule has 2 aliphatic heterocycles. The second-order valence-electron chi connectivity index (χ2n) is 7.32. The maximum absolute atomic E-state index is 12.8. The Kier molecular flexibility index (Phi) is 4.43. The van der Waals surface area contributed by atoms with Crippen LogP contribution in [0.1, 0.15) is 27.2 Å². The third-order valence-electron chi connectivity index (χ3n) is 4.17. The summed E-state index contributed by atoms with van der Waals surface area (Å²) in [6, 6.07) is 7.48. The van der Waals surface area contributed by atoms with Gasteiger partial charge in [-0.2, -0.15) is 0 Å². The zero-order valence-corrected chi connectivity index (χ0v) is 15.0. The van der Waals surface area contributed by atoms with E-state index >= 15 is 0 Å². The standard InChI is InChI=1S/C18H21N3O5/c1-18(2,3)26-17(25)20-10-13-9-14(22)21(12-7-5-4-6-8-12)16(24)19(13)11-15(20)23/h4-8,13H,9-11H2,1-3H3. The second-order valence-corrected chi connectivity index (χ2v) is 7.32. The minimum absolute atomic E-state index is 0.0349. The van der Waals surface area contributed by atoms with Crippen LogP contribution in [0.5, 0.6) is 0 Å². The molecule has 138 valence electrons. The minimum atomic E-state index is -0.757. The molecule has 0 N–H and O–H groups in total. The summed E-state index contributed by atoms with van der Waals surface area (Å²) in [5.74, 6) is -0.882. The third kappa shape index (κ3) is 3.40. The van der Waals surface area contributed by atoms with Gasteiger partial charge in [0.25, 0.3) is 5.91 Å². The van der Waals surface area contributed by atoms with Crippen LogP contribution in [0.25, 0.3) is 0 Å². The Morgan fingerprint density at radius 1 is 1.08 bits per heavy atom. The Morgan fingerprint density at radius 2 is 1.73 bits per heavy atom. The zero-order valence-electron chi connectivity index (χ0n) is 15.0. The van der Waals surface area contributed by atoms with E-state index in [2.05, 4.69) is 0 Å². The maximum Gasteiger partial charge on any atom is 0.417 e. The van der Waals surface area contributed by atoms with Gasteiger partial charge < -0.3 is 9.64 Å². The first-order valence-corrected chi connectivity index (χ1v) is 8.39. The molecule has 2 aliphatic rings. The number of fused-ring (bicyclic) bond motifs is 1. The predicted octanol–water partition coefficient (Wildman–Crippen LogP) is 1.99. The van der Waals surface area contributed by atoms with Crippen LogP contribution >= 0.6 is 0 Å². The topological polar surface area (TPSA) is 87.2 Å². The molecule has 0 aromatic heterocycles. The molecule has 2 saturated heterocycles. The third-order valence-corrected chi connectivity index (χ3v) is 4.17. The number of hydrogen-bond donors (Lipinski definition) is 0. The number of amides is 5. The molecule has 26 heavy (non-hydrogen) atoms. The number of hydrogen-bond acceptors (Lipinski definition) is 5. The van der Waals surface area contributed by atoms with Gasteiger partial charge in [0.15, 0.2) is 0 Å². The lowest BCUT2D eigenvalue weighted by Gasteiger charge is -2.44. The van der Waals surface area contributed by atoms with E-state index in [0.29, 0.717) is 5.69 Å². The highest BCUT2D eigenvalue weighted by molar-refractivity contribution is 6.17. The molecular formula is C18H21N3O5. The van der Waals surface area contributed by atoms with Crippen LogP contribution in [0.4, 0.5) is 15.3 Å². The molecule has 0 bridgehead atoms. The first kappa shape index (κ1) is 17.9. The van der Waals surface area contributed by atoms with E-state index in [0.717, 1.165) is 9.80 Å². The van der Waals surface area contributed by atoms with Crippen LogP contribution in [0.3, 0.4) is 0 Å². The number of carbonyl (C=O) groups excluding carboxylic acids is 4. The molecule has 0 radical (unpaired) electrons. The van der Waals surface area contributed by atoms with Crippen LogP contribution in [0, 0.1) is 0 Å². The smallest absolute Gasteiger partial charge is 0.417 e. The van der Waals surface area contributed by atoms with E-state index < -0.39 is 29.7 Å². The molecule has 5 amide bonds. The minimum Gasteiger partial charge on any atom is -0.443 e. The van der Waals surface area contributed by atoms with Crippen molar-refractivity contribution in [3.05, 3.63) is 30.3 Å². The Bertz CT molecular complexity index is 756. The van der Waals surface area contributed by atoms with Crippen molar-refractivity contribution in [1.29, 1.82) is 0 Å². The van der Waals surface area contributed by atoms with Crippen LogP contribution < -0.4 is 4.90 Å². The quantitative estimate of drug-likeness (QED) is 0.765. The van der Waals surface area contributed by atoms with Gasteiger partial charge in [-0.05, 0) is 32.9 Å². The normalized spacial score (nSPS) is 21.0. The molecule has 8 nitrogen and oxygen atoms in total.